The summed E-state index contributed by atoms with van der Waals surface area (Å²) in [6.45, 7) is 2.98. The Kier molecular flexibility index (Phi) is 7.67. The van der Waals surface area contributed by atoms with Crippen LogP contribution in [0.1, 0.15) is 25.3 Å². The SMILES string of the molecule is COc1cc2ncnc(Nc3cccc(Cl)c3F)c2cc1CN(C)C1(C(=O)NC(C)=O)CCNCC1. The molecule has 1 fully saturated rings. The summed E-state index contributed by atoms with van der Waals surface area (Å²) in [5.41, 5.74) is 0.704. The van der Waals surface area contributed by atoms with Gasteiger partial charge in [0.25, 0.3) is 0 Å². The van der Waals surface area contributed by atoms with E-state index in [2.05, 4.69) is 25.9 Å². The first-order chi connectivity index (χ1) is 17.2. The van der Waals surface area contributed by atoms with Crippen LogP contribution in [0.2, 0.25) is 5.02 Å². The van der Waals surface area contributed by atoms with Crippen LogP contribution in [0.5, 0.6) is 5.75 Å². The molecule has 0 bridgehead atoms. The maximum atomic E-state index is 14.5. The minimum atomic E-state index is -0.866. The van der Waals surface area contributed by atoms with E-state index in [-0.39, 0.29) is 16.6 Å². The smallest absolute Gasteiger partial charge is 0.247 e. The Hall–Kier alpha value is -3.34. The lowest BCUT2D eigenvalue weighted by atomic mass is 9.85. The predicted octanol–water partition coefficient (Wildman–Crippen LogP) is 3.39. The zero-order valence-electron chi connectivity index (χ0n) is 20.3. The van der Waals surface area contributed by atoms with Gasteiger partial charge < -0.3 is 15.4 Å². The average Bonchev–Trinajstić information content (AvgIpc) is 2.86. The van der Waals surface area contributed by atoms with Gasteiger partial charge in [0.15, 0.2) is 5.82 Å². The molecule has 2 aromatic carbocycles. The summed E-state index contributed by atoms with van der Waals surface area (Å²) in [6.07, 6.45) is 2.47. The van der Waals surface area contributed by atoms with Gasteiger partial charge in [-0.2, -0.15) is 0 Å². The molecule has 36 heavy (non-hydrogen) atoms. The first-order valence-electron chi connectivity index (χ1n) is 11.5. The summed E-state index contributed by atoms with van der Waals surface area (Å²) < 4.78 is 20.2. The van der Waals surface area contributed by atoms with Gasteiger partial charge in [0.2, 0.25) is 11.8 Å². The Bertz CT molecular complexity index is 1300. The fraction of sp³-hybridized carbons (Fsp3) is 0.360. The van der Waals surface area contributed by atoms with Crippen molar-refractivity contribution >= 4 is 45.8 Å². The van der Waals surface area contributed by atoms with E-state index in [1.54, 1.807) is 25.3 Å². The molecule has 0 unspecified atom stereocenters. The Morgan fingerprint density at radius 3 is 2.69 bits per heavy atom. The molecule has 2 heterocycles. The van der Waals surface area contributed by atoms with Crippen LogP contribution in [0.4, 0.5) is 15.9 Å². The van der Waals surface area contributed by atoms with Crippen LogP contribution in [0.25, 0.3) is 10.9 Å². The molecule has 9 nitrogen and oxygen atoms in total. The third kappa shape index (κ3) is 5.11. The van der Waals surface area contributed by atoms with Crippen molar-refractivity contribution in [2.45, 2.75) is 31.8 Å². The number of piperidine rings is 1. The quantitative estimate of drug-likeness (QED) is 0.440. The van der Waals surface area contributed by atoms with E-state index in [0.717, 1.165) is 5.56 Å². The molecular formula is C25H28ClFN6O3. The van der Waals surface area contributed by atoms with Gasteiger partial charge in [-0.05, 0) is 51.2 Å². The summed E-state index contributed by atoms with van der Waals surface area (Å²) in [5, 5.41) is 9.40. The van der Waals surface area contributed by atoms with E-state index < -0.39 is 17.3 Å². The molecule has 4 rings (SSSR count). The number of ether oxygens (including phenoxy) is 1. The topological polar surface area (TPSA) is 108 Å². The number of methoxy groups -OCH3 is 1. The van der Waals surface area contributed by atoms with Crippen LogP contribution in [0.15, 0.2) is 36.7 Å². The van der Waals surface area contributed by atoms with Crippen molar-refractivity contribution in [3.05, 3.63) is 53.1 Å². The molecule has 1 aliphatic heterocycles. The lowest BCUT2D eigenvalue weighted by Crippen LogP contribution is -2.62. The van der Waals surface area contributed by atoms with Crippen LogP contribution < -0.4 is 20.7 Å². The van der Waals surface area contributed by atoms with Gasteiger partial charge in [0, 0.05) is 30.5 Å². The number of likely N-dealkylation sites (N-methyl/N-ethyl adjacent to an activating group) is 1. The highest BCUT2D eigenvalue weighted by molar-refractivity contribution is 6.31. The third-order valence-corrected chi connectivity index (χ3v) is 6.82. The summed E-state index contributed by atoms with van der Waals surface area (Å²) >= 11 is 5.94. The second kappa shape index (κ2) is 10.7. The van der Waals surface area contributed by atoms with Gasteiger partial charge in [-0.1, -0.05) is 17.7 Å². The number of hydrogen-bond donors (Lipinski definition) is 3. The number of carbonyl (C=O) groups excluding carboxylic acids is 2. The molecule has 2 amide bonds. The summed E-state index contributed by atoms with van der Waals surface area (Å²) in [5.74, 6) is -0.303. The van der Waals surface area contributed by atoms with Crippen molar-refractivity contribution in [3.8, 4) is 5.75 Å². The largest absolute Gasteiger partial charge is 0.496 e. The van der Waals surface area contributed by atoms with E-state index in [1.807, 2.05) is 18.0 Å². The predicted molar refractivity (Wildman–Crippen MR) is 136 cm³/mol. The molecular weight excluding hydrogens is 487 g/mol. The first kappa shape index (κ1) is 25.7. The molecule has 3 N–H and O–H groups in total. The standard InChI is InChI=1S/C25H28ClFN6O3/c1-15(34)31-24(35)25(7-9-28-10-8-25)33(2)13-16-11-17-20(12-21(16)36-3)29-14-30-23(17)32-19-6-4-5-18(26)22(19)27/h4-6,11-12,14,28H,7-10,13H2,1-3H3,(H,29,30,32)(H,31,34,35). The fourth-order valence-corrected chi connectivity index (χ4v) is 4.75. The Morgan fingerprint density at radius 2 is 2.00 bits per heavy atom. The van der Waals surface area contributed by atoms with E-state index in [0.29, 0.717) is 54.9 Å². The molecule has 0 aliphatic carbocycles. The molecule has 1 saturated heterocycles. The van der Waals surface area contributed by atoms with Crippen molar-refractivity contribution in [1.82, 2.24) is 25.5 Å². The Labute approximate surface area is 213 Å². The van der Waals surface area contributed by atoms with Crippen molar-refractivity contribution in [2.24, 2.45) is 0 Å². The van der Waals surface area contributed by atoms with Gasteiger partial charge in [0.05, 0.1) is 23.3 Å². The number of imide groups is 1. The van der Waals surface area contributed by atoms with Gasteiger partial charge in [-0.3, -0.25) is 19.8 Å². The highest BCUT2D eigenvalue weighted by atomic mass is 35.5. The number of carbonyl (C=O) groups is 2. The molecule has 0 radical (unpaired) electrons. The number of amides is 2. The summed E-state index contributed by atoms with van der Waals surface area (Å²) in [7, 11) is 3.42. The van der Waals surface area contributed by atoms with Crippen molar-refractivity contribution < 1.29 is 18.7 Å². The van der Waals surface area contributed by atoms with E-state index in [9.17, 15) is 14.0 Å². The minimum Gasteiger partial charge on any atom is -0.496 e. The van der Waals surface area contributed by atoms with Gasteiger partial charge >= 0.3 is 0 Å². The fourth-order valence-electron chi connectivity index (χ4n) is 4.58. The van der Waals surface area contributed by atoms with E-state index in [4.69, 9.17) is 16.3 Å². The van der Waals surface area contributed by atoms with Crippen LogP contribution in [0.3, 0.4) is 0 Å². The normalized spacial score (nSPS) is 15.1. The number of benzene rings is 2. The van der Waals surface area contributed by atoms with Gasteiger partial charge in [-0.15, -0.1) is 0 Å². The number of anilines is 2. The first-order valence-corrected chi connectivity index (χ1v) is 11.9. The molecule has 3 aromatic rings. The Morgan fingerprint density at radius 1 is 1.25 bits per heavy atom. The highest BCUT2D eigenvalue weighted by Gasteiger charge is 2.43. The van der Waals surface area contributed by atoms with E-state index >= 15 is 0 Å². The Balaban J connectivity index is 1.72. The molecule has 1 aromatic heterocycles. The van der Waals surface area contributed by atoms with Crippen LogP contribution in [0, 0.1) is 5.82 Å². The zero-order valence-corrected chi connectivity index (χ0v) is 21.1. The number of halogens is 2. The lowest BCUT2D eigenvalue weighted by Gasteiger charge is -2.43. The van der Waals surface area contributed by atoms with Crippen molar-refractivity contribution in [2.75, 3.05) is 32.6 Å². The minimum absolute atomic E-state index is 0.00143. The average molecular weight is 515 g/mol. The highest BCUT2D eigenvalue weighted by Crippen LogP contribution is 2.34. The van der Waals surface area contributed by atoms with E-state index in [1.165, 1.54) is 19.3 Å². The maximum Gasteiger partial charge on any atom is 0.247 e. The lowest BCUT2D eigenvalue weighted by molar-refractivity contribution is -0.139. The maximum absolute atomic E-state index is 14.5. The van der Waals surface area contributed by atoms with Gasteiger partial charge in [-0.25, -0.2) is 14.4 Å². The number of nitrogens with one attached hydrogen (secondary N) is 3. The van der Waals surface area contributed by atoms with Gasteiger partial charge in [0.1, 0.15) is 23.4 Å². The van der Waals surface area contributed by atoms with Crippen LogP contribution in [-0.4, -0.2) is 59.5 Å². The summed E-state index contributed by atoms with van der Waals surface area (Å²) in [6, 6.07) is 8.34. The number of rotatable bonds is 7. The van der Waals surface area contributed by atoms with Crippen LogP contribution >= 0.6 is 11.6 Å². The molecule has 0 saturated carbocycles. The monoisotopic (exact) mass is 514 g/mol. The zero-order chi connectivity index (χ0) is 25.9. The number of fused-ring (bicyclic) bond motifs is 1. The second-order valence-corrected chi connectivity index (χ2v) is 9.19. The summed E-state index contributed by atoms with van der Waals surface area (Å²) in [4.78, 5) is 35.4. The van der Waals surface area contributed by atoms with Crippen LogP contribution in [-0.2, 0) is 16.1 Å². The molecule has 11 heteroatoms. The van der Waals surface area contributed by atoms with Crippen molar-refractivity contribution in [1.29, 1.82) is 0 Å². The molecule has 1 aliphatic rings. The van der Waals surface area contributed by atoms with Crippen molar-refractivity contribution in [3.63, 3.8) is 0 Å². The number of hydrogen-bond acceptors (Lipinski definition) is 8. The number of aromatic nitrogens is 2. The third-order valence-electron chi connectivity index (χ3n) is 6.52. The molecule has 0 atom stereocenters. The molecule has 0 spiro atoms. The second-order valence-electron chi connectivity index (χ2n) is 8.78. The molecule has 190 valence electrons. The number of nitrogens with zero attached hydrogens (tertiary/aromatic N) is 3.